The molecule has 1 heterocycles. The van der Waals surface area contributed by atoms with Gasteiger partial charge >= 0.3 is 0 Å². The van der Waals surface area contributed by atoms with Gasteiger partial charge in [-0.15, -0.1) is 0 Å². The summed E-state index contributed by atoms with van der Waals surface area (Å²) in [6, 6.07) is 0.543. The average molecular weight is 184 g/mol. The van der Waals surface area contributed by atoms with Crippen molar-refractivity contribution in [3.8, 4) is 0 Å². The first-order chi connectivity index (χ1) is 5.99. The minimum absolute atomic E-state index is 0.0656. The van der Waals surface area contributed by atoms with Gasteiger partial charge in [0.1, 0.15) is 0 Å². The summed E-state index contributed by atoms with van der Waals surface area (Å²) in [4.78, 5) is 13.2. The molecule has 1 saturated heterocycles. The van der Waals surface area contributed by atoms with Gasteiger partial charge in [0.2, 0.25) is 5.91 Å². The molecule has 0 spiro atoms. The highest BCUT2D eigenvalue weighted by Crippen LogP contribution is 2.25. The molecule has 0 aliphatic carbocycles. The zero-order valence-electron chi connectivity index (χ0n) is 9.05. The highest BCUT2D eigenvalue weighted by molar-refractivity contribution is 5.84. The number of likely N-dealkylation sites (N-methyl/N-ethyl adjacent to an activating group) is 1. The van der Waals surface area contributed by atoms with Crippen LogP contribution >= 0.6 is 0 Å². The van der Waals surface area contributed by atoms with E-state index in [2.05, 4.69) is 38.0 Å². The zero-order chi connectivity index (χ0) is 10.1. The lowest BCUT2D eigenvalue weighted by Gasteiger charge is -2.44. The molecule has 3 heteroatoms. The molecule has 1 N–H and O–H groups in total. The van der Waals surface area contributed by atoms with Gasteiger partial charge in [-0.3, -0.25) is 4.79 Å². The van der Waals surface area contributed by atoms with Gasteiger partial charge in [-0.2, -0.15) is 0 Å². The number of β-lactam (4-membered cyclic amide) rings is 1. The van der Waals surface area contributed by atoms with E-state index in [1.807, 2.05) is 0 Å². The summed E-state index contributed by atoms with van der Waals surface area (Å²) < 4.78 is 0. The van der Waals surface area contributed by atoms with Gasteiger partial charge in [-0.05, 0) is 27.3 Å². The predicted octanol–water partition coefficient (Wildman–Crippen LogP) is 0.995. The van der Waals surface area contributed by atoms with E-state index in [0.29, 0.717) is 12.5 Å². The van der Waals surface area contributed by atoms with E-state index >= 15 is 0 Å². The third-order valence-electron chi connectivity index (χ3n) is 3.01. The van der Waals surface area contributed by atoms with Gasteiger partial charge in [-0.25, -0.2) is 0 Å². The summed E-state index contributed by atoms with van der Waals surface area (Å²) in [6.07, 6.45) is 1.72. The zero-order valence-corrected chi connectivity index (χ0v) is 9.05. The van der Waals surface area contributed by atoms with Crippen LogP contribution in [0.4, 0.5) is 0 Å². The quantitative estimate of drug-likeness (QED) is 0.661. The first kappa shape index (κ1) is 10.5. The molecular weight excluding hydrogens is 164 g/mol. The smallest absolute Gasteiger partial charge is 0.222 e. The first-order valence-electron chi connectivity index (χ1n) is 5.00. The van der Waals surface area contributed by atoms with Crippen LogP contribution < -0.4 is 5.32 Å². The molecule has 1 fully saturated rings. The summed E-state index contributed by atoms with van der Waals surface area (Å²) in [5.74, 6) is 0.194. The van der Waals surface area contributed by atoms with E-state index in [0.717, 1.165) is 13.0 Å². The third-order valence-corrected chi connectivity index (χ3v) is 3.01. The van der Waals surface area contributed by atoms with E-state index in [-0.39, 0.29) is 11.4 Å². The second-order valence-corrected chi connectivity index (χ2v) is 4.37. The van der Waals surface area contributed by atoms with Crippen molar-refractivity contribution in [3.63, 3.8) is 0 Å². The molecule has 1 aliphatic heterocycles. The fourth-order valence-electron chi connectivity index (χ4n) is 1.67. The maximum Gasteiger partial charge on any atom is 0.222 e. The molecule has 1 unspecified atom stereocenters. The standard InChI is InChI=1S/C10H20N2O/c1-5-10(6-9(13)11-10)7-12(4)8(2)3/h8H,5-7H2,1-4H3,(H,11,13). The number of nitrogens with zero attached hydrogens (tertiary/aromatic N) is 1. The Balaban J connectivity index is 2.46. The minimum Gasteiger partial charge on any atom is -0.349 e. The number of carbonyl (C=O) groups is 1. The average Bonchev–Trinajstić information content (AvgIpc) is 2.00. The highest BCUT2D eigenvalue weighted by atomic mass is 16.2. The lowest BCUT2D eigenvalue weighted by Crippen LogP contribution is -2.65. The van der Waals surface area contributed by atoms with E-state index in [1.54, 1.807) is 0 Å². The maximum absolute atomic E-state index is 10.9. The molecule has 1 rings (SSSR count). The van der Waals surface area contributed by atoms with Crippen LogP contribution in [0.2, 0.25) is 0 Å². The molecular formula is C10H20N2O. The summed E-state index contributed by atoms with van der Waals surface area (Å²) in [7, 11) is 2.10. The molecule has 0 aromatic rings. The maximum atomic E-state index is 10.9. The number of hydrogen-bond donors (Lipinski definition) is 1. The largest absolute Gasteiger partial charge is 0.349 e. The highest BCUT2D eigenvalue weighted by Gasteiger charge is 2.41. The Bertz CT molecular complexity index is 193. The van der Waals surface area contributed by atoms with Crippen LogP contribution in [0.1, 0.15) is 33.6 Å². The van der Waals surface area contributed by atoms with Gasteiger partial charge in [0.25, 0.3) is 0 Å². The number of rotatable bonds is 4. The van der Waals surface area contributed by atoms with Crippen molar-refractivity contribution in [2.45, 2.75) is 45.2 Å². The van der Waals surface area contributed by atoms with Crippen molar-refractivity contribution in [3.05, 3.63) is 0 Å². The van der Waals surface area contributed by atoms with Crippen LogP contribution in [0.5, 0.6) is 0 Å². The topological polar surface area (TPSA) is 32.3 Å². The number of amides is 1. The third kappa shape index (κ3) is 2.21. The molecule has 1 aliphatic rings. The molecule has 1 atom stereocenters. The molecule has 0 aromatic carbocycles. The lowest BCUT2D eigenvalue weighted by atomic mass is 9.84. The molecule has 0 bridgehead atoms. The lowest BCUT2D eigenvalue weighted by molar-refractivity contribution is -0.133. The van der Waals surface area contributed by atoms with Crippen molar-refractivity contribution in [1.82, 2.24) is 10.2 Å². The van der Waals surface area contributed by atoms with Crippen LogP contribution in [-0.4, -0.2) is 36.0 Å². The van der Waals surface area contributed by atoms with Crippen LogP contribution in [0.3, 0.4) is 0 Å². The van der Waals surface area contributed by atoms with Gasteiger partial charge in [0, 0.05) is 12.6 Å². The molecule has 3 nitrogen and oxygen atoms in total. The molecule has 13 heavy (non-hydrogen) atoms. The van der Waals surface area contributed by atoms with Crippen LogP contribution in [0, 0.1) is 0 Å². The van der Waals surface area contributed by atoms with E-state index in [1.165, 1.54) is 0 Å². The summed E-state index contributed by atoms with van der Waals surface area (Å²) in [6.45, 7) is 7.44. The minimum atomic E-state index is 0.0656. The number of nitrogens with one attached hydrogen (secondary N) is 1. The summed E-state index contributed by atoms with van der Waals surface area (Å²) >= 11 is 0. The molecule has 0 aromatic heterocycles. The fourth-order valence-corrected chi connectivity index (χ4v) is 1.67. The van der Waals surface area contributed by atoms with Crippen LogP contribution in [0.25, 0.3) is 0 Å². The van der Waals surface area contributed by atoms with Gasteiger partial charge in [0.15, 0.2) is 0 Å². The van der Waals surface area contributed by atoms with E-state index in [9.17, 15) is 4.79 Å². The van der Waals surface area contributed by atoms with Crippen molar-refractivity contribution < 1.29 is 4.79 Å². The first-order valence-corrected chi connectivity index (χ1v) is 5.00. The van der Waals surface area contributed by atoms with Crippen LogP contribution in [0.15, 0.2) is 0 Å². The second-order valence-electron chi connectivity index (χ2n) is 4.37. The monoisotopic (exact) mass is 184 g/mol. The van der Waals surface area contributed by atoms with Gasteiger partial charge in [0.05, 0.1) is 12.0 Å². The molecule has 76 valence electrons. The second kappa shape index (κ2) is 3.66. The van der Waals surface area contributed by atoms with E-state index < -0.39 is 0 Å². The molecule has 0 radical (unpaired) electrons. The van der Waals surface area contributed by atoms with E-state index in [4.69, 9.17) is 0 Å². The number of hydrogen-bond acceptors (Lipinski definition) is 2. The van der Waals surface area contributed by atoms with Gasteiger partial charge in [-0.1, -0.05) is 6.92 Å². The number of carbonyl (C=O) groups excluding carboxylic acids is 1. The van der Waals surface area contributed by atoms with Crippen molar-refractivity contribution in [2.24, 2.45) is 0 Å². The van der Waals surface area contributed by atoms with Crippen molar-refractivity contribution >= 4 is 5.91 Å². The Labute approximate surface area is 80.5 Å². The molecule has 0 saturated carbocycles. The normalized spacial score (nSPS) is 27.7. The van der Waals surface area contributed by atoms with Crippen LogP contribution in [-0.2, 0) is 4.79 Å². The predicted molar refractivity (Wildman–Crippen MR) is 53.5 cm³/mol. The Hall–Kier alpha value is -0.570. The fraction of sp³-hybridized carbons (Fsp3) is 0.900. The summed E-state index contributed by atoms with van der Waals surface area (Å²) in [5, 5.41) is 3.01. The Kier molecular flexibility index (Phi) is 2.96. The van der Waals surface area contributed by atoms with Gasteiger partial charge < -0.3 is 10.2 Å². The Morgan fingerprint density at radius 3 is 2.46 bits per heavy atom. The van der Waals surface area contributed by atoms with Crippen molar-refractivity contribution in [2.75, 3.05) is 13.6 Å². The Morgan fingerprint density at radius 2 is 2.15 bits per heavy atom. The SMILES string of the molecule is CCC1(CN(C)C(C)C)CC(=O)N1. The Morgan fingerprint density at radius 1 is 1.62 bits per heavy atom. The molecule has 1 amide bonds. The summed E-state index contributed by atoms with van der Waals surface area (Å²) in [5.41, 5.74) is 0.0656. The van der Waals surface area contributed by atoms with Crippen molar-refractivity contribution in [1.29, 1.82) is 0 Å².